The molecular weight excluding hydrogens is 190 g/mol. The molecule has 0 aliphatic rings. The van der Waals surface area contributed by atoms with E-state index in [4.69, 9.17) is 0 Å². The Morgan fingerprint density at radius 3 is 3.15 bits per heavy atom. The Hall–Kier alpha value is -1.48. The van der Waals surface area contributed by atoms with Crippen LogP contribution in [0.1, 0.15) is 12.1 Å². The Bertz CT molecular complexity index is 363. The highest BCUT2D eigenvalue weighted by Crippen LogP contribution is 2.09. The SMILES string of the molecule is O=[N+]([O-])c1[nH]cnc1C#CCCS. The average molecular weight is 197 g/mol. The minimum absolute atomic E-state index is 0.160. The van der Waals surface area contributed by atoms with Gasteiger partial charge in [0.25, 0.3) is 0 Å². The van der Waals surface area contributed by atoms with E-state index in [2.05, 4.69) is 34.4 Å². The lowest BCUT2D eigenvalue weighted by molar-refractivity contribution is -0.389. The minimum atomic E-state index is -0.544. The van der Waals surface area contributed by atoms with Crippen molar-refractivity contribution in [3.8, 4) is 11.8 Å². The summed E-state index contributed by atoms with van der Waals surface area (Å²) in [5.41, 5.74) is 0.173. The Morgan fingerprint density at radius 2 is 2.54 bits per heavy atom. The second-order valence-electron chi connectivity index (χ2n) is 2.13. The Kier molecular flexibility index (Phi) is 3.34. The number of hydrogen-bond acceptors (Lipinski definition) is 4. The number of thiol groups is 1. The second kappa shape index (κ2) is 4.52. The van der Waals surface area contributed by atoms with E-state index in [1.54, 1.807) is 0 Å². The highest BCUT2D eigenvalue weighted by Gasteiger charge is 2.11. The van der Waals surface area contributed by atoms with Crippen molar-refractivity contribution in [3.63, 3.8) is 0 Å². The fraction of sp³-hybridized carbons (Fsp3) is 0.286. The van der Waals surface area contributed by atoms with Crippen LogP contribution in [0.3, 0.4) is 0 Å². The number of H-pyrrole nitrogens is 1. The first-order valence-electron chi connectivity index (χ1n) is 3.53. The summed E-state index contributed by atoms with van der Waals surface area (Å²) in [6.07, 6.45) is 1.84. The minimum Gasteiger partial charge on any atom is -0.358 e. The van der Waals surface area contributed by atoms with Crippen LogP contribution in [0.25, 0.3) is 0 Å². The molecule has 0 fully saturated rings. The number of imidazole rings is 1. The molecule has 0 aromatic carbocycles. The molecular formula is C7H7N3O2S. The lowest BCUT2D eigenvalue weighted by atomic mass is 10.4. The van der Waals surface area contributed by atoms with Crippen LogP contribution in [0, 0.1) is 22.0 Å². The van der Waals surface area contributed by atoms with Crippen LogP contribution < -0.4 is 0 Å². The van der Waals surface area contributed by atoms with E-state index >= 15 is 0 Å². The maximum Gasteiger partial charge on any atom is 0.356 e. The van der Waals surface area contributed by atoms with E-state index in [1.165, 1.54) is 6.33 Å². The quantitative estimate of drug-likeness (QED) is 0.321. The Morgan fingerprint density at radius 1 is 1.77 bits per heavy atom. The summed E-state index contributed by atoms with van der Waals surface area (Å²) in [7, 11) is 0. The third kappa shape index (κ3) is 2.49. The predicted octanol–water partition coefficient (Wildman–Crippen LogP) is 0.989. The van der Waals surface area contributed by atoms with Crippen molar-refractivity contribution in [2.75, 3.05) is 5.75 Å². The molecule has 0 amide bonds. The van der Waals surface area contributed by atoms with Crippen LogP contribution in [-0.2, 0) is 0 Å². The maximum absolute atomic E-state index is 10.4. The molecule has 1 rings (SSSR count). The van der Waals surface area contributed by atoms with Crippen molar-refractivity contribution in [1.82, 2.24) is 9.97 Å². The van der Waals surface area contributed by atoms with Gasteiger partial charge in [0.15, 0.2) is 6.33 Å². The third-order valence-electron chi connectivity index (χ3n) is 1.25. The maximum atomic E-state index is 10.4. The van der Waals surface area contributed by atoms with Crippen LogP contribution >= 0.6 is 12.6 Å². The molecule has 0 radical (unpaired) electrons. The summed E-state index contributed by atoms with van der Waals surface area (Å²) >= 11 is 3.95. The summed E-state index contributed by atoms with van der Waals surface area (Å²) in [4.78, 5) is 15.9. The van der Waals surface area contributed by atoms with Crippen molar-refractivity contribution in [2.24, 2.45) is 0 Å². The van der Waals surface area contributed by atoms with Gasteiger partial charge in [-0.1, -0.05) is 5.92 Å². The summed E-state index contributed by atoms with van der Waals surface area (Å²) in [6, 6.07) is 0. The van der Waals surface area contributed by atoms with Gasteiger partial charge < -0.3 is 10.1 Å². The first kappa shape index (κ1) is 9.61. The molecule has 0 atom stereocenters. The normalized spacial score (nSPS) is 9.00. The van der Waals surface area contributed by atoms with Crippen LogP contribution in [0.5, 0.6) is 0 Å². The van der Waals surface area contributed by atoms with Crippen molar-refractivity contribution < 1.29 is 4.92 Å². The Labute approximate surface area is 80.1 Å². The number of nitrogens with one attached hydrogen (secondary N) is 1. The number of rotatable bonds is 2. The number of aromatic nitrogens is 2. The monoisotopic (exact) mass is 197 g/mol. The van der Waals surface area contributed by atoms with Crippen LogP contribution in [0.15, 0.2) is 6.33 Å². The second-order valence-corrected chi connectivity index (χ2v) is 2.58. The van der Waals surface area contributed by atoms with Gasteiger partial charge in [-0.3, -0.25) is 0 Å². The zero-order chi connectivity index (χ0) is 9.68. The fourth-order valence-electron chi connectivity index (χ4n) is 0.720. The van der Waals surface area contributed by atoms with Gasteiger partial charge >= 0.3 is 5.82 Å². The molecule has 68 valence electrons. The Balaban J connectivity index is 2.84. The molecule has 0 aliphatic heterocycles. The highest BCUT2D eigenvalue weighted by molar-refractivity contribution is 7.80. The van der Waals surface area contributed by atoms with Gasteiger partial charge in [0.05, 0.1) is 0 Å². The van der Waals surface area contributed by atoms with Gasteiger partial charge in [0.2, 0.25) is 5.69 Å². The molecule has 13 heavy (non-hydrogen) atoms. The van der Waals surface area contributed by atoms with Crippen LogP contribution in [-0.4, -0.2) is 20.6 Å². The molecule has 1 N–H and O–H groups in total. The fourth-order valence-corrected chi connectivity index (χ4v) is 0.832. The van der Waals surface area contributed by atoms with Crippen molar-refractivity contribution in [2.45, 2.75) is 6.42 Å². The topological polar surface area (TPSA) is 71.8 Å². The van der Waals surface area contributed by atoms with E-state index in [0.717, 1.165) is 0 Å². The van der Waals surface area contributed by atoms with Crippen molar-refractivity contribution in [3.05, 3.63) is 22.1 Å². The zero-order valence-electron chi connectivity index (χ0n) is 6.65. The number of nitro groups is 1. The van der Waals surface area contributed by atoms with Gasteiger partial charge in [-0.05, 0) is 10.8 Å². The van der Waals surface area contributed by atoms with Gasteiger partial charge in [0, 0.05) is 12.2 Å². The molecule has 0 saturated heterocycles. The predicted molar refractivity (Wildman–Crippen MR) is 50.6 cm³/mol. The molecule has 0 spiro atoms. The van der Waals surface area contributed by atoms with Gasteiger partial charge in [0.1, 0.15) is 0 Å². The lowest BCUT2D eigenvalue weighted by Gasteiger charge is -1.87. The van der Waals surface area contributed by atoms with E-state index in [1.807, 2.05) is 0 Å². The van der Waals surface area contributed by atoms with E-state index in [-0.39, 0.29) is 11.5 Å². The third-order valence-corrected chi connectivity index (χ3v) is 1.47. The molecule has 1 aromatic heterocycles. The molecule has 1 aromatic rings. The number of hydrogen-bond donors (Lipinski definition) is 2. The molecule has 0 unspecified atom stereocenters. The molecule has 6 heteroatoms. The lowest BCUT2D eigenvalue weighted by Crippen LogP contribution is -1.90. The standard InChI is InChI=1S/C7H7N3O2S/c11-10(12)7-6(8-5-9-7)3-1-2-4-13/h5,13H,2,4H2,(H,8,9). The molecule has 1 heterocycles. The van der Waals surface area contributed by atoms with Crippen LogP contribution in [0.2, 0.25) is 0 Å². The summed E-state index contributed by atoms with van der Waals surface area (Å²) in [6.45, 7) is 0. The van der Waals surface area contributed by atoms with Gasteiger partial charge in [-0.15, -0.1) is 0 Å². The molecule has 0 saturated carbocycles. The average Bonchev–Trinajstić information content (AvgIpc) is 2.53. The summed E-state index contributed by atoms with van der Waals surface area (Å²) in [5.74, 6) is 5.78. The van der Waals surface area contributed by atoms with Crippen molar-refractivity contribution in [1.29, 1.82) is 0 Å². The summed E-state index contributed by atoms with van der Waals surface area (Å²) in [5, 5.41) is 10.4. The zero-order valence-corrected chi connectivity index (χ0v) is 7.54. The number of aromatic amines is 1. The van der Waals surface area contributed by atoms with E-state index < -0.39 is 4.92 Å². The highest BCUT2D eigenvalue weighted by atomic mass is 32.1. The van der Waals surface area contributed by atoms with Gasteiger partial charge in [-0.2, -0.15) is 17.6 Å². The van der Waals surface area contributed by atoms with Crippen molar-refractivity contribution >= 4 is 18.4 Å². The van der Waals surface area contributed by atoms with Gasteiger partial charge in [-0.25, -0.2) is 4.98 Å². The first-order valence-corrected chi connectivity index (χ1v) is 4.16. The smallest absolute Gasteiger partial charge is 0.356 e. The molecule has 5 nitrogen and oxygen atoms in total. The van der Waals surface area contributed by atoms with E-state index in [9.17, 15) is 10.1 Å². The molecule has 0 aliphatic carbocycles. The van der Waals surface area contributed by atoms with Crippen LogP contribution in [0.4, 0.5) is 5.82 Å². The molecule has 0 bridgehead atoms. The number of nitrogens with zero attached hydrogens (tertiary/aromatic N) is 2. The van der Waals surface area contributed by atoms with E-state index in [0.29, 0.717) is 12.2 Å². The first-order chi connectivity index (χ1) is 6.25. The summed E-state index contributed by atoms with van der Waals surface area (Å²) < 4.78 is 0. The largest absolute Gasteiger partial charge is 0.358 e.